The van der Waals surface area contributed by atoms with Gasteiger partial charge in [0, 0.05) is 12.5 Å². The molecular formula is C11H18N2O3S. The molecule has 0 aliphatic rings. The Labute approximate surface area is 105 Å². The molecule has 1 atom stereocenters. The molecule has 1 rings (SSSR count). The van der Waals surface area contributed by atoms with Crippen LogP contribution in [-0.2, 0) is 9.47 Å². The summed E-state index contributed by atoms with van der Waals surface area (Å²) in [6.07, 6.45) is 2.07. The number of methoxy groups -OCH3 is 2. The zero-order valence-electron chi connectivity index (χ0n) is 10.4. The summed E-state index contributed by atoms with van der Waals surface area (Å²) in [5.74, 6) is -0.409. The van der Waals surface area contributed by atoms with Crippen molar-refractivity contribution in [2.45, 2.75) is 25.8 Å². The highest BCUT2D eigenvalue weighted by Gasteiger charge is 2.13. The normalized spacial score (nSPS) is 12.2. The summed E-state index contributed by atoms with van der Waals surface area (Å²) in [7, 11) is 3.02. The van der Waals surface area contributed by atoms with Gasteiger partial charge in [0.25, 0.3) is 0 Å². The second-order valence-corrected chi connectivity index (χ2v) is 4.47. The average molecular weight is 258 g/mol. The number of thiazole rings is 1. The lowest BCUT2D eigenvalue weighted by Crippen LogP contribution is -2.24. The number of hydrogen-bond acceptors (Lipinski definition) is 6. The quantitative estimate of drug-likeness (QED) is 0.759. The Kier molecular flexibility index (Phi) is 5.93. The molecule has 1 unspecified atom stereocenters. The van der Waals surface area contributed by atoms with Gasteiger partial charge in [-0.1, -0.05) is 13.3 Å². The van der Waals surface area contributed by atoms with Crippen molar-refractivity contribution in [3.63, 3.8) is 0 Å². The van der Waals surface area contributed by atoms with Gasteiger partial charge in [0.2, 0.25) is 0 Å². The molecule has 0 radical (unpaired) electrons. The third-order valence-electron chi connectivity index (χ3n) is 2.23. The highest BCUT2D eigenvalue weighted by molar-refractivity contribution is 7.13. The van der Waals surface area contributed by atoms with Crippen LogP contribution in [0, 0.1) is 0 Å². The predicted molar refractivity (Wildman–Crippen MR) is 67.6 cm³/mol. The first kappa shape index (κ1) is 13.9. The first-order chi connectivity index (χ1) is 8.21. The lowest BCUT2D eigenvalue weighted by molar-refractivity contribution is 0.0595. The molecule has 0 amide bonds. The molecule has 96 valence electrons. The zero-order valence-corrected chi connectivity index (χ0v) is 11.2. The van der Waals surface area contributed by atoms with E-state index in [4.69, 9.17) is 4.74 Å². The van der Waals surface area contributed by atoms with Gasteiger partial charge in [0.1, 0.15) is 0 Å². The summed E-state index contributed by atoms with van der Waals surface area (Å²) in [6.45, 7) is 2.74. The molecule has 0 bridgehead atoms. The van der Waals surface area contributed by atoms with E-state index in [1.165, 1.54) is 18.4 Å². The Hall–Kier alpha value is -1.14. The van der Waals surface area contributed by atoms with Gasteiger partial charge in [0.05, 0.1) is 19.8 Å². The van der Waals surface area contributed by atoms with Gasteiger partial charge < -0.3 is 14.8 Å². The maximum atomic E-state index is 11.2. The number of hydrogen-bond donors (Lipinski definition) is 1. The van der Waals surface area contributed by atoms with Gasteiger partial charge in [-0.3, -0.25) is 0 Å². The van der Waals surface area contributed by atoms with Crippen molar-refractivity contribution in [1.29, 1.82) is 0 Å². The summed E-state index contributed by atoms with van der Waals surface area (Å²) in [5, 5.41) is 5.66. The number of esters is 1. The highest BCUT2D eigenvalue weighted by Crippen LogP contribution is 2.18. The summed E-state index contributed by atoms with van der Waals surface area (Å²) >= 11 is 1.39. The number of nitrogens with zero attached hydrogens (tertiary/aromatic N) is 1. The fourth-order valence-electron chi connectivity index (χ4n) is 1.46. The second-order valence-electron chi connectivity index (χ2n) is 3.61. The molecule has 0 aromatic carbocycles. The molecule has 1 heterocycles. The third kappa shape index (κ3) is 4.32. The molecule has 1 aromatic heterocycles. The summed E-state index contributed by atoms with van der Waals surface area (Å²) < 4.78 is 9.73. The Balaban J connectivity index is 2.60. The van der Waals surface area contributed by atoms with Crippen molar-refractivity contribution in [3.05, 3.63) is 11.1 Å². The number of aromatic nitrogens is 1. The molecule has 6 heteroatoms. The SMILES string of the molecule is CCCC(COC)Nc1nc(C(=O)OC)cs1. The van der Waals surface area contributed by atoms with Crippen LogP contribution in [0.1, 0.15) is 30.3 Å². The molecule has 0 spiro atoms. The predicted octanol–water partition coefficient (Wildman–Crippen LogP) is 2.16. The average Bonchev–Trinajstić information content (AvgIpc) is 2.77. The Morgan fingerprint density at radius 1 is 1.59 bits per heavy atom. The Bertz CT molecular complexity index is 348. The molecular weight excluding hydrogens is 240 g/mol. The standard InChI is InChI=1S/C11H18N2O3S/c1-4-5-8(6-15-2)12-11-13-9(7-17-11)10(14)16-3/h7-8H,4-6H2,1-3H3,(H,12,13). The van der Waals surface area contributed by atoms with E-state index >= 15 is 0 Å². The van der Waals surface area contributed by atoms with E-state index in [1.54, 1.807) is 12.5 Å². The number of ether oxygens (including phenoxy) is 2. The molecule has 5 nitrogen and oxygen atoms in total. The van der Waals surface area contributed by atoms with Crippen LogP contribution in [0.2, 0.25) is 0 Å². The first-order valence-corrected chi connectivity index (χ1v) is 6.38. The van der Waals surface area contributed by atoms with E-state index in [1.807, 2.05) is 0 Å². The summed E-state index contributed by atoms with van der Waals surface area (Å²) in [4.78, 5) is 15.4. The second kappa shape index (κ2) is 7.24. The number of carbonyl (C=O) groups is 1. The van der Waals surface area contributed by atoms with Crippen LogP contribution in [0.5, 0.6) is 0 Å². The molecule has 1 N–H and O–H groups in total. The minimum Gasteiger partial charge on any atom is -0.464 e. The number of carbonyl (C=O) groups excluding carboxylic acids is 1. The lowest BCUT2D eigenvalue weighted by Gasteiger charge is -2.15. The third-order valence-corrected chi connectivity index (χ3v) is 3.00. The van der Waals surface area contributed by atoms with Crippen LogP contribution in [0.3, 0.4) is 0 Å². The highest BCUT2D eigenvalue weighted by atomic mass is 32.1. The van der Waals surface area contributed by atoms with Gasteiger partial charge >= 0.3 is 5.97 Å². The largest absolute Gasteiger partial charge is 0.464 e. The number of rotatable bonds is 7. The lowest BCUT2D eigenvalue weighted by atomic mass is 10.2. The maximum absolute atomic E-state index is 11.2. The molecule has 0 aliphatic heterocycles. The fraction of sp³-hybridized carbons (Fsp3) is 0.636. The molecule has 17 heavy (non-hydrogen) atoms. The monoisotopic (exact) mass is 258 g/mol. The topological polar surface area (TPSA) is 60.5 Å². The Morgan fingerprint density at radius 3 is 2.94 bits per heavy atom. The van der Waals surface area contributed by atoms with Gasteiger partial charge in [-0.05, 0) is 6.42 Å². The van der Waals surface area contributed by atoms with Crippen LogP contribution in [0.25, 0.3) is 0 Å². The molecule has 0 saturated heterocycles. The van der Waals surface area contributed by atoms with Crippen molar-refractivity contribution < 1.29 is 14.3 Å². The minimum absolute atomic E-state index is 0.224. The van der Waals surface area contributed by atoms with Crippen LogP contribution in [0.15, 0.2) is 5.38 Å². The van der Waals surface area contributed by atoms with E-state index in [2.05, 4.69) is 22.0 Å². The van der Waals surface area contributed by atoms with E-state index in [0.29, 0.717) is 12.3 Å². The van der Waals surface area contributed by atoms with Gasteiger partial charge in [-0.15, -0.1) is 11.3 Å². The number of anilines is 1. The van der Waals surface area contributed by atoms with Crippen molar-refractivity contribution in [2.75, 3.05) is 26.1 Å². The number of nitrogens with one attached hydrogen (secondary N) is 1. The first-order valence-electron chi connectivity index (χ1n) is 5.50. The molecule has 0 fully saturated rings. The smallest absolute Gasteiger partial charge is 0.357 e. The van der Waals surface area contributed by atoms with Crippen LogP contribution in [-0.4, -0.2) is 37.8 Å². The maximum Gasteiger partial charge on any atom is 0.357 e. The van der Waals surface area contributed by atoms with E-state index in [-0.39, 0.29) is 6.04 Å². The molecule has 0 aliphatic carbocycles. The van der Waals surface area contributed by atoms with E-state index < -0.39 is 5.97 Å². The van der Waals surface area contributed by atoms with E-state index in [0.717, 1.165) is 18.0 Å². The molecule has 1 aromatic rings. The van der Waals surface area contributed by atoms with Crippen molar-refractivity contribution in [2.24, 2.45) is 0 Å². The van der Waals surface area contributed by atoms with Crippen LogP contribution in [0.4, 0.5) is 5.13 Å². The Morgan fingerprint density at radius 2 is 2.35 bits per heavy atom. The van der Waals surface area contributed by atoms with E-state index in [9.17, 15) is 4.79 Å². The van der Waals surface area contributed by atoms with Crippen molar-refractivity contribution >= 4 is 22.4 Å². The van der Waals surface area contributed by atoms with Gasteiger partial charge in [-0.2, -0.15) is 0 Å². The van der Waals surface area contributed by atoms with Crippen LogP contribution >= 0.6 is 11.3 Å². The van der Waals surface area contributed by atoms with Gasteiger partial charge in [0.15, 0.2) is 10.8 Å². The van der Waals surface area contributed by atoms with Crippen LogP contribution < -0.4 is 5.32 Å². The summed E-state index contributed by atoms with van der Waals surface area (Å²) in [5.41, 5.74) is 0.340. The fourth-order valence-corrected chi connectivity index (χ4v) is 2.22. The molecule has 0 saturated carbocycles. The van der Waals surface area contributed by atoms with Crippen molar-refractivity contribution in [3.8, 4) is 0 Å². The van der Waals surface area contributed by atoms with Gasteiger partial charge in [-0.25, -0.2) is 9.78 Å². The minimum atomic E-state index is -0.409. The zero-order chi connectivity index (χ0) is 12.7. The summed E-state index contributed by atoms with van der Waals surface area (Å²) in [6, 6.07) is 0.224. The van der Waals surface area contributed by atoms with Crippen molar-refractivity contribution in [1.82, 2.24) is 4.98 Å².